The number of carbonyl (C=O) groups excluding carboxylic acids is 1. The normalized spacial score (nSPS) is 28.7. The van der Waals surface area contributed by atoms with Crippen molar-refractivity contribution in [2.24, 2.45) is 10.8 Å². The SMILES string of the molecule is CC12CCC(C(=O)N3CCC4(S(=O)(=O)c5ccc(CCl)cc5)c5ccc(C(F)(C(F)(F)F)C(F)(F)F)cc5CC34)(CC1)CC2.O=CO. The van der Waals surface area contributed by atoms with Gasteiger partial charge in [0, 0.05) is 23.4 Å². The highest BCUT2D eigenvalue weighted by Crippen LogP contribution is 2.61. The minimum absolute atomic E-state index is 0.00738. The van der Waals surface area contributed by atoms with E-state index in [9.17, 15) is 39.6 Å². The highest BCUT2D eigenvalue weighted by atomic mass is 35.5. The Hall–Kier alpha value is -2.87. The van der Waals surface area contributed by atoms with E-state index in [1.54, 1.807) is 0 Å². The number of benzene rings is 2. The van der Waals surface area contributed by atoms with E-state index in [1.807, 2.05) is 0 Å². The molecule has 4 aliphatic carbocycles. The van der Waals surface area contributed by atoms with Crippen LogP contribution in [0.2, 0.25) is 0 Å². The smallest absolute Gasteiger partial charge is 0.435 e. The Morgan fingerprint density at radius 1 is 0.936 bits per heavy atom. The maximum atomic E-state index is 15.1. The number of halogens is 8. The number of amides is 1. The van der Waals surface area contributed by atoms with Gasteiger partial charge in [0.05, 0.1) is 10.9 Å². The number of fused-ring (bicyclic) bond motifs is 6. The Balaban J connectivity index is 0.00000139. The van der Waals surface area contributed by atoms with E-state index < -0.39 is 49.6 Å². The molecule has 1 heterocycles. The average Bonchev–Trinajstić information content (AvgIpc) is 3.56. The van der Waals surface area contributed by atoms with Gasteiger partial charge in [-0.15, -0.1) is 11.6 Å². The topological polar surface area (TPSA) is 91.8 Å². The van der Waals surface area contributed by atoms with Crippen LogP contribution in [-0.2, 0) is 42.1 Å². The van der Waals surface area contributed by atoms with Crippen LogP contribution in [0.5, 0.6) is 0 Å². The zero-order chi connectivity index (χ0) is 34.8. The lowest BCUT2D eigenvalue weighted by atomic mass is 9.54. The predicted octanol–water partition coefficient (Wildman–Crippen LogP) is 7.60. The minimum Gasteiger partial charge on any atom is -0.483 e. The summed E-state index contributed by atoms with van der Waals surface area (Å²) in [7, 11) is -4.38. The van der Waals surface area contributed by atoms with Gasteiger partial charge in [0.1, 0.15) is 4.75 Å². The first-order valence-corrected chi connectivity index (χ1v) is 17.0. The van der Waals surface area contributed by atoms with Gasteiger partial charge in [-0.1, -0.05) is 37.3 Å². The molecule has 2 aromatic carbocycles. The van der Waals surface area contributed by atoms with E-state index in [0.29, 0.717) is 37.0 Å². The largest absolute Gasteiger partial charge is 0.483 e. The Bertz CT molecular complexity index is 1620. The summed E-state index contributed by atoms with van der Waals surface area (Å²) in [6, 6.07) is 6.40. The van der Waals surface area contributed by atoms with E-state index >= 15 is 4.39 Å². The third-order valence-corrected chi connectivity index (χ3v) is 13.9. The maximum Gasteiger partial charge on any atom is 0.435 e. The standard InChI is InChI=1S/C31H31ClF7NO3S.CH2O2/c1-26-8-11-27(12-9-26,13-10-26)25(41)40-15-14-28(44(42,43)22-5-2-19(18-32)3-6-22)23-7-4-21(16-20(23)17-24(28)40)29(33,30(34,35)36)31(37,38)39;2-1-3/h2-7,16,24H,8-15,17-18H2,1H3;1H,(H,2,3). The van der Waals surface area contributed by atoms with E-state index in [0.717, 1.165) is 25.3 Å². The fourth-order valence-corrected chi connectivity index (χ4v) is 10.7. The molecule has 0 aromatic heterocycles. The van der Waals surface area contributed by atoms with Gasteiger partial charge in [-0.25, -0.2) is 12.8 Å². The van der Waals surface area contributed by atoms with Crippen LogP contribution >= 0.6 is 11.6 Å². The van der Waals surface area contributed by atoms with Crippen LogP contribution in [0.4, 0.5) is 30.7 Å². The highest BCUT2D eigenvalue weighted by molar-refractivity contribution is 7.92. The quantitative estimate of drug-likeness (QED) is 0.196. The molecule has 2 aromatic rings. The maximum absolute atomic E-state index is 15.1. The van der Waals surface area contributed by atoms with E-state index in [-0.39, 0.29) is 59.1 Å². The lowest BCUT2D eigenvalue weighted by molar-refractivity contribution is -0.348. The Morgan fingerprint density at radius 3 is 1.96 bits per heavy atom. The summed E-state index contributed by atoms with van der Waals surface area (Å²) in [5, 5.41) is 6.89. The zero-order valence-electron chi connectivity index (χ0n) is 25.2. The second-order valence-electron chi connectivity index (χ2n) is 13.4. The first-order valence-electron chi connectivity index (χ1n) is 15.0. The molecule has 1 aliphatic heterocycles. The zero-order valence-corrected chi connectivity index (χ0v) is 26.8. The molecule has 7 rings (SSSR count). The van der Waals surface area contributed by atoms with Crippen molar-refractivity contribution < 1.29 is 53.8 Å². The van der Waals surface area contributed by atoms with Crippen molar-refractivity contribution in [1.82, 2.24) is 4.90 Å². The first kappa shape index (κ1) is 35.4. The monoisotopic (exact) mass is 711 g/mol. The number of alkyl halides is 8. The second-order valence-corrected chi connectivity index (χ2v) is 15.8. The van der Waals surface area contributed by atoms with Gasteiger partial charge in [-0.3, -0.25) is 9.59 Å². The second kappa shape index (κ2) is 11.6. The van der Waals surface area contributed by atoms with E-state index in [2.05, 4.69) is 6.92 Å². The van der Waals surface area contributed by atoms with Crippen LogP contribution in [0.15, 0.2) is 47.4 Å². The van der Waals surface area contributed by atoms with Gasteiger partial charge in [-0.2, -0.15) is 26.3 Å². The fourth-order valence-electron chi connectivity index (χ4n) is 8.20. The molecule has 1 saturated heterocycles. The number of carbonyl (C=O) groups is 2. The number of hydrogen-bond acceptors (Lipinski definition) is 4. The molecule has 258 valence electrons. The summed E-state index contributed by atoms with van der Waals surface area (Å²) < 4.78 is 124. The molecule has 3 saturated carbocycles. The van der Waals surface area contributed by atoms with Crippen molar-refractivity contribution in [3.8, 4) is 0 Å². The molecule has 0 spiro atoms. The van der Waals surface area contributed by atoms with Crippen molar-refractivity contribution in [2.75, 3.05) is 6.54 Å². The van der Waals surface area contributed by atoms with Gasteiger partial charge in [-0.05, 0) is 85.6 Å². The Morgan fingerprint density at radius 2 is 1.47 bits per heavy atom. The van der Waals surface area contributed by atoms with Gasteiger partial charge in [0.15, 0.2) is 9.84 Å². The molecular formula is C32H33ClF7NO5S. The van der Waals surface area contributed by atoms with Crippen molar-refractivity contribution in [3.05, 3.63) is 64.7 Å². The van der Waals surface area contributed by atoms with Crippen LogP contribution in [0.25, 0.3) is 0 Å². The van der Waals surface area contributed by atoms with Crippen LogP contribution in [0, 0.1) is 10.8 Å². The lowest BCUT2D eigenvalue weighted by Crippen LogP contribution is -2.54. The number of carboxylic acid groups (broad SMARTS) is 1. The van der Waals surface area contributed by atoms with Crippen molar-refractivity contribution in [2.45, 2.75) is 97.9 Å². The lowest BCUT2D eigenvalue weighted by Gasteiger charge is -2.52. The molecule has 6 nitrogen and oxygen atoms in total. The third-order valence-electron chi connectivity index (χ3n) is 11.0. The van der Waals surface area contributed by atoms with E-state index in [4.69, 9.17) is 21.5 Å². The van der Waals surface area contributed by atoms with Crippen LogP contribution in [-0.4, -0.2) is 55.7 Å². The molecule has 0 radical (unpaired) electrons. The molecule has 2 bridgehead atoms. The molecular weight excluding hydrogens is 679 g/mol. The summed E-state index contributed by atoms with van der Waals surface area (Å²) in [4.78, 5) is 24.1. The molecule has 2 unspecified atom stereocenters. The minimum atomic E-state index is -6.32. The molecule has 47 heavy (non-hydrogen) atoms. The van der Waals surface area contributed by atoms with Crippen molar-refractivity contribution in [3.63, 3.8) is 0 Å². The van der Waals surface area contributed by atoms with Gasteiger partial charge in [0.2, 0.25) is 5.91 Å². The van der Waals surface area contributed by atoms with Gasteiger partial charge in [0.25, 0.3) is 6.47 Å². The molecule has 5 aliphatic rings. The molecule has 2 atom stereocenters. The summed E-state index contributed by atoms with van der Waals surface area (Å²) in [5.41, 5.74) is -7.41. The van der Waals surface area contributed by atoms with Crippen molar-refractivity contribution >= 4 is 33.8 Å². The molecule has 15 heteroatoms. The summed E-state index contributed by atoms with van der Waals surface area (Å²) in [6.45, 7) is 1.99. The molecule has 4 fully saturated rings. The third kappa shape index (κ3) is 5.23. The first-order chi connectivity index (χ1) is 21.8. The Kier molecular flexibility index (Phi) is 8.77. The molecule has 1 amide bonds. The van der Waals surface area contributed by atoms with Gasteiger partial charge >= 0.3 is 18.0 Å². The number of rotatable bonds is 5. The highest BCUT2D eigenvalue weighted by Gasteiger charge is 2.74. The van der Waals surface area contributed by atoms with Crippen LogP contribution in [0.1, 0.15) is 74.1 Å². The number of hydrogen-bond donors (Lipinski definition) is 1. The average molecular weight is 712 g/mol. The summed E-state index contributed by atoms with van der Waals surface area (Å²) >= 11 is 5.87. The molecule has 1 N–H and O–H groups in total. The Labute approximate surface area is 272 Å². The van der Waals surface area contributed by atoms with Gasteiger partial charge < -0.3 is 10.0 Å². The van der Waals surface area contributed by atoms with Crippen molar-refractivity contribution in [1.29, 1.82) is 0 Å². The number of nitrogens with zero attached hydrogens (tertiary/aromatic N) is 1. The fraction of sp³-hybridized carbons (Fsp3) is 0.562. The summed E-state index contributed by atoms with van der Waals surface area (Å²) in [5.74, 6) is -0.107. The number of sulfone groups is 1. The van der Waals surface area contributed by atoms with Crippen LogP contribution < -0.4 is 0 Å². The number of likely N-dealkylation sites (tertiary alicyclic amines) is 1. The van der Waals surface area contributed by atoms with E-state index in [1.165, 1.54) is 29.2 Å². The predicted molar refractivity (Wildman–Crippen MR) is 157 cm³/mol. The summed E-state index contributed by atoms with van der Waals surface area (Å²) in [6.07, 6.45) is -8.67. The van der Waals surface area contributed by atoms with Crippen LogP contribution in [0.3, 0.4) is 0 Å².